The van der Waals surface area contributed by atoms with Crippen LogP contribution in [-0.4, -0.2) is 27.1 Å². The number of pyridine rings is 2. The monoisotopic (exact) mass is 590 g/mol. The van der Waals surface area contributed by atoms with Crippen molar-refractivity contribution in [2.75, 3.05) is 0 Å². The van der Waals surface area contributed by atoms with Crippen LogP contribution < -0.4 is 5.46 Å². The Labute approximate surface area is 204 Å². The summed E-state index contributed by atoms with van der Waals surface area (Å²) in [6.45, 7) is 0. The van der Waals surface area contributed by atoms with Crippen LogP contribution in [0.3, 0.4) is 0 Å². The lowest BCUT2D eigenvalue weighted by atomic mass is 9.80. The molecular weight excluding hydrogens is 576 g/mol. The van der Waals surface area contributed by atoms with Gasteiger partial charge in [-0.1, -0.05) is 0 Å². The van der Waals surface area contributed by atoms with E-state index in [1.165, 1.54) is 18.5 Å². The normalized spacial score (nSPS) is 9.91. The van der Waals surface area contributed by atoms with Crippen LogP contribution in [0.15, 0.2) is 73.3 Å². The fraction of sp³-hybridized carbons (Fsp3) is 0. The van der Waals surface area contributed by atoms with Crippen molar-refractivity contribution in [3.8, 4) is 11.1 Å². The summed E-state index contributed by atoms with van der Waals surface area (Å²) in [7, 11) is -1.83. The molecule has 4 rings (SSSR count). The molecule has 4 aromatic rings. The first-order valence-corrected chi connectivity index (χ1v) is 10.3. The Hall–Kier alpha value is -2.97. The van der Waals surface area contributed by atoms with Gasteiger partial charge in [0, 0.05) is 30.1 Å². The van der Waals surface area contributed by atoms with Crippen molar-refractivity contribution in [1.82, 2.24) is 9.97 Å². The second-order valence-corrected chi connectivity index (χ2v) is 7.54. The fourth-order valence-electron chi connectivity index (χ4n) is 2.40. The van der Waals surface area contributed by atoms with E-state index in [0.717, 1.165) is 36.5 Å². The van der Waals surface area contributed by atoms with E-state index in [4.69, 9.17) is 10.0 Å². The van der Waals surface area contributed by atoms with E-state index >= 15 is 0 Å². The summed E-state index contributed by atoms with van der Waals surface area (Å²) < 4.78 is 76.5. The SMILES string of the molecule is Fc1cc(F)cc(-c2ccncc2F)c1.Fc1cnccc1I.OB(O)c1cc(F)cc(F)c1. The largest absolute Gasteiger partial charge is 0.488 e. The molecule has 0 unspecified atom stereocenters. The number of hydrogen-bond acceptors (Lipinski definition) is 4. The van der Waals surface area contributed by atoms with Crippen molar-refractivity contribution in [1.29, 1.82) is 0 Å². The third-order valence-electron chi connectivity index (χ3n) is 3.85. The van der Waals surface area contributed by atoms with Gasteiger partial charge in [-0.2, -0.15) is 0 Å². The molecule has 0 atom stereocenters. The predicted molar refractivity (Wildman–Crippen MR) is 123 cm³/mol. The molecule has 0 radical (unpaired) electrons. The van der Waals surface area contributed by atoms with Gasteiger partial charge in [0.25, 0.3) is 0 Å². The van der Waals surface area contributed by atoms with E-state index < -0.39 is 36.2 Å². The first kappa shape index (κ1) is 27.3. The molecule has 0 amide bonds. The molecule has 12 heteroatoms. The third kappa shape index (κ3) is 8.76. The standard InChI is InChI=1S/C11H6F3N.C6H5BF2O2.C5H3FIN/c12-8-3-7(4-9(13)5-8)10-1-2-15-6-11(10)14;8-5-1-4(7(10)11)2-6(9)3-5;6-4-3-8-2-1-5(4)7/h1-6H;1-3,10-11H;1-3H. The zero-order valence-electron chi connectivity index (χ0n) is 16.9. The van der Waals surface area contributed by atoms with Crippen LogP contribution in [0.2, 0.25) is 0 Å². The highest BCUT2D eigenvalue weighted by Gasteiger charge is 2.12. The van der Waals surface area contributed by atoms with Crippen LogP contribution >= 0.6 is 22.6 Å². The highest BCUT2D eigenvalue weighted by Crippen LogP contribution is 2.23. The van der Waals surface area contributed by atoms with Crippen LogP contribution in [-0.2, 0) is 0 Å². The Kier molecular flexibility index (Phi) is 10.5. The maximum atomic E-state index is 13.2. The van der Waals surface area contributed by atoms with Gasteiger partial charge in [-0.3, -0.25) is 9.97 Å². The molecule has 176 valence electrons. The Morgan fingerprint density at radius 3 is 1.53 bits per heavy atom. The van der Waals surface area contributed by atoms with Crippen molar-refractivity contribution in [2.24, 2.45) is 0 Å². The molecule has 2 N–H and O–H groups in total. The van der Waals surface area contributed by atoms with E-state index in [9.17, 15) is 26.3 Å². The zero-order valence-corrected chi connectivity index (χ0v) is 19.1. The smallest absolute Gasteiger partial charge is 0.423 e. The first-order valence-electron chi connectivity index (χ1n) is 9.20. The van der Waals surface area contributed by atoms with Crippen LogP contribution in [0.1, 0.15) is 0 Å². The Morgan fingerprint density at radius 1 is 0.647 bits per heavy atom. The summed E-state index contributed by atoms with van der Waals surface area (Å²) in [5.41, 5.74) is 0.0956. The fourth-order valence-corrected chi connectivity index (χ4v) is 2.70. The summed E-state index contributed by atoms with van der Waals surface area (Å²) in [4.78, 5) is 7.12. The second-order valence-electron chi connectivity index (χ2n) is 6.38. The minimum Gasteiger partial charge on any atom is -0.423 e. The molecule has 0 aliphatic heterocycles. The first-order chi connectivity index (χ1) is 16.1. The van der Waals surface area contributed by atoms with Gasteiger partial charge in [-0.15, -0.1) is 0 Å². The molecule has 0 bridgehead atoms. The molecule has 0 fully saturated rings. The molecule has 0 aliphatic carbocycles. The zero-order chi connectivity index (χ0) is 25.3. The highest BCUT2D eigenvalue weighted by atomic mass is 127. The number of hydrogen-bond donors (Lipinski definition) is 2. The summed E-state index contributed by atoms with van der Waals surface area (Å²) in [6.07, 6.45) is 5.12. The van der Waals surface area contributed by atoms with Crippen LogP contribution in [0.5, 0.6) is 0 Å². The van der Waals surface area contributed by atoms with Crippen molar-refractivity contribution >= 4 is 35.2 Å². The van der Waals surface area contributed by atoms with E-state index in [2.05, 4.69) is 9.97 Å². The average Bonchev–Trinajstić information content (AvgIpc) is 2.76. The minimum absolute atomic E-state index is 0.128. The highest BCUT2D eigenvalue weighted by molar-refractivity contribution is 14.1. The van der Waals surface area contributed by atoms with Gasteiger partial charge < -0.3 is 10.0 Å². The molecule has 2 aromatic carbocycles. The third-order valence-corrected chi connectivity index (χ3v) is 4.73. The Balaban J connectivity index is 0.000000190. The maximum absolute atomic E-state index is 13.2. The van der Waals surface area contributed by atoms with Gasteiger partial charge in [0.1, 0.15) is 29.1 Å². The molecule has 0 aliphatic rings. The number of rotatable bonds is 2. The van der Waals surface area contributed by atoms with Crippen molar-refractivity contribution in [3.05, 3.63) is 112 Å². The van der Waals surface area contributed by atoms with Crippen LogP contribution in [0, 0.1) is 38.5 Å². The van der Waals surface area contributed by atoms with Gasteiger partial charge in [0.05, 0.1) is 16.0 Å². The van der Waals surface area contributed by atoms with Crippen molar-refractivity contribution < 1.29 is 36.4 Å². The van der Waals surface area contributed by atoms with Crippen molar-refractivity contribution in [3.63, 3.8) is 0 Å². The number of halogens is 7. The Bertz CT molecular complexity index is 1190. The molecule has 0 saturated carbocycles. The van der Waals surface area contributed by atoms with Gasteiger partial charge >= 0.3 is 7.12 Å². The summed E-state index contributed by atoms with van der Waals surface area (Å²) in [5, 5.41) is 17.0. The van der Waals surface area contributed by atoms with Gasteiger partial charge in [-0.05, 0) is 70.0 Å². The van der Waals surface area contributed by atoms with E-state index in [-0.39, 0.29) is 22.4 Å². The quantitative estimate of drug-likeness (QED) is 0.203. The molecule has 2 heterocycles. The summed E-state index contributed by atoms with van der Waals surface area (Å²) in [6, 6.07) is 8.23. The molecule has 34 heavy (non-hydrogen) atoms. The number of aromatic nitrogens is 2. The number of benzene rings is 2. The maximum Gasteiger partial charge on any atom is 0.488 e. The average molecular weight is 590 g/mol. The lowest BCUT2D eigenvalue weighted by molar-refractivity contribution is 0.425. The molecule has 4 nitrogen and oxygen atoms in total. The predicted octanol–water partition coefficient (Wildman–Crippen LogP) is 4.64. The second kappa shape index (κ2) is 13.1. The molecular formula is C22H14BF6IN2O2. The van der Waals surface area contributed by atoms with Gasteiger partial charge in [0.2, 0.25) is 0 Å². The molecule has 2 aromatic heterocycles. The van der Waals surface area contributed by atoms with Crippen LogP contribution in [0.25, 0.3) is 11.1 Å². The minimum atomic E-state index is -1.83. The van der Waals surface area contributed by atoms with Gasteiger partial charge in [0.15, 0.2) is 5.82 Å². The molecule has 0 spiro atoms. The Morgan fingerprint density at radius 2 is 1.12 bits per heavy atom. The van der Waals surface area contributed by atoms with Gasteiger partial charge in [-0.25, -0.2) is 26.3 Å². The summed E-state index contributed by atoms with van der Waals surface area (Å²) in [5.74, 6) is -3.99. The lowest BCUT2D eigenvalue weighted by Crippen LogP contribution is -2.30. The van der Waals surface area contributed by atoms with E-state index in [0.29, 0.717) is 9.64 Å². The number of nitrogens with zero attached hydrogens (tertiary/aromatic N) is 2. The van der Waals surface area contributed by atoms with Crippen molar-refractivity contribution in [2.45, 2.75) is 0 Å². The van der Waals surface area contributed by atoms with E-state index in [1.54, 1.807) is 12.3 Å². The van der Waals surface area contributed by atoms with Crippen LogP contribution in [0.4, 0.5) is 26.3 Å². The van der Waals surface area contributed by atoms with E-state index in [1.807, 2.05) is 22.6 Å². The summed E-state index contributed by atoms with van der Waals surface area (Å²) >= 11 is 1.91. The topological polar surface area (TPSA) is 66.2 Å². The molecule has 0 saturated heterocycles. The lowest BCUT2D eigenvalue weighted by Gasteiger charge is -2.02.